The van der Waals surface area contributed by atoms with Crippen molar-refractivity contribution in [3.63, 3.8) is 0 Å². The van der Waals surface area contributed by atoms with E-state index in [0.717, 1.165) is 0 Å². The molecule has 0 amide bonds. The summed E-state index contributed by atoms with van der Waals surface area (Å²) in [6, 6.07) is 10.2. The molecule has 0 radical (unpaired) electrons. The lowest BCUT2D eigenvalue weighted by molar-refractivity contribution is -0.0639. The summed E-state index contributed by atoms with van der Waals surface area (Å²) < 4.78 is 11.4. The highest BCUT2D eigenvalue weighted by Crippen LogP contribution is 2.23. The van der Waals surface area contributed by atoms with E-state index in [2.05, 4.69) is 31.2 Å². The summed E-state index contributed by atoms with van der Waals surface area (Å²) in [4.78, 5) is 0. The zero-order chi connectivity index (χ0) is 11.4. The van der Waals surface area contributed by atoms with E-state index >= 15 is 0 Å². The van der Waals surface area contributed by atoms with Crippen LogP contribution >= 0.6 is 0 Å². The largest absolute Gasteiger partial charge is 0.373 e. The Bertz CT molecular complexity index is 358. The molecule has 2 rings (SSSR count). The molecule has 2 atom stereocenters. The van der Waals surface area contributed by atoms with Gasteiger partial charge in [-0.1, -0.05) is 42.5 Å². The zero-order valence-electron chi connectivity index (χ0n) is 9.85. The van der Waals surface area contributed by atoms with Crippen molar-refractivity contribution < 1.29 is 9.47 Å². The van der Waals surface area contributed by atoms with Crippen LogP contribution in [0.2, 0.25) is 0 Å². The maximum atomic E-state index is 5.75. The molecule has 0 saturated carbocycles. The highest BCUT2D eigenvalue weighted by Gasteiger charge is 2.28. The average Bonchev–Trinajstić information content (AvgIpc) is 2.60. The second-order valence-corrected chi connectivity index (χ2v) is 4.47. The van der Waals surface area contributed by atoms with Crippen LogP contribution in [-0.2, 0) is 16.1 Å². The van der Waals surface area contributed by atoms with E-state index in [4.69, 9.17) is 9.47 Å². The Balaban J connectivity index is 1.79. The molecule has 0 aliphatic carbocycles. The van der Waals surface area contributed by atoms with E-state index in [9.17, 15) is 0 Å². The van der Waals surface area contributed by atoms with Gasteiger partial charge >= 0.3 is 0 Å². The van der Waals surface area contributed by atoms with Crippen LogP contribution in [-0.4, -0.2) is 18.3 Å². The van der Waals surface area contributed by atoms with Crippen LogP contribution in [0.5, 0.6) is 0 Å². The highest BCUT2D eigenvalue weighted by atomic mass is 16.5. The van der Waals surface area contributed by atoms with Gasteiger partial charge in [0.1, 0.15) is 5.60 Å². The third kappa shape index (κ3) is 2.94. The van der Waals surface area contributed by atoms with Gasteiger partial charge in [-0.2, -0.15) is 0 Å². The van der Waals surface area contributed by atoms with Crippen molar-refractivity contribution in [2.24, 2.45) is 0 Å². The minimum atomic E-state index is -0.256. The lowest BCUT2D eigenvalue weighted by Crippen LogP contribution is -2.30. The van der Waals surface area contributed by atoms with Crippen LogP contribution in [0.25, 0.3) is 0 Å². The summed E-state index contributed by atoms with van der Waals surface area (Å²) in [5.74, 6) is 0. The smallest absolute Gasteiger partial charge is 0.108 e. The number of hydrogen-bond donors (Lipinski definition) is 0. The fourth-order valence-electron chi connectivity index (χ4n) is 1.87. The molecule has 1 aromatic carbocycles. The third-order valence-electron chi connectivity index (χ3n) is 2.68. The Hall–Kier alpha value is -1.12. The molecular formula is C14H18O2. The minimum Gasteiger partial charge on any atom is -0.373 e. The standard InChI is InChI=1S/C14H18O2/c1-12-8-9-14(2,16-12)11-15-10-13-6-4-3-5-7-13/h3-9,12H,10-11H2,1-2H3. The fourth-order valence-corrected chi connectivity index (χ4v) is 1.87. The molecule has 0 aromatic heterocycles. The summed E-state index contributed by atoms with van der Waals surface area (Å²) in [6.07, 6.45) is 4.36. The Morgan fingerprint density at radius 1 is 1.31 bits per heavy atom. The predicted molar refractivity (Wildman–Crippen MR) is 64.2 cm³/mol. The zero-order valence-corrected chi connectivity index (χ0v) is 9.85. The molecule has 86 valence electrons. The maximum Gasteiger partial charge on any atom is 0.108 e. The van der Waals surface area contributed by atoms with E-state index in [1.54, 1.807) is 0 Å². The van der Waals surface area contributed by atoms with E-state index in [0.29, 0.717) is 13.2 Å². The van der Waals surface area contributed by atoms with Crippen LogP contribution in [0.1, 0.15) is 19.4 Å². The Morgan fingerprint density at radius 2 is 2.06 bits per heavy atom. The molecule has 1 aromatic rings. The van der Waals surface area contributed by atoms with Crippen LogP contribution in [0.15, 0.2) is 42.5 Å². The number of ether oxygens (including phenoxy) is 2. The quantitative estimate of drug-likeness (QED) is 0.723. The lowest BCUT2D eigenvalue weighted by Gasteiger charge is -2.23. The van der Waals surface area contributed by atoms with Crippen molar-refractivity contribution in [3.8, 4) is 0 Å². The van der Waals surface area contributed by atoms with Gasteiger partial charge in [-0.25, -0.2) is 0 Å². The Morgan fingerprint density at radius 3 is 2.69 bits per heavy atom. The van der Waals surface area contributed by atoms with Gasteiger partial charge in [0.25, 0.3) is 0 Å². The number of benzene rings is 1. The van der Waals surface area contributed by atoms with Gasteiger partial charge in [0, 0.05) is 0 Å². The lowest BCUT2D eigenvalue weighted by atomic mass is 10.1. The first-order valence-corrected chi connectivity index (χ1v) is 5.67. The van der Waals surface area contributed by atoms with E-state index < -0.39 is 0 Å². The molecule has 0 saturated heterocycles. The predicted octanol–water partition coefficient (Wildman–Crippen LogP) is 2.94. The second-order valence-electron chi connectivity index (χ2n) is 4.47. The van der Waals surface area contributed by atoms with E-state index in [1.807, 2.05) is 25.1 Å². The highest BCUT2D eigenvalue weighted by molar-refractivity contribution is 5.14. The molecule has 2 unspecified atom stereocenters. The molecule has 16 heavy (non-hydrogen) atoms. The van der Waals surface area contributed by atoms with Crippen molar-refractivity contribution in [2.75, 3.05) is 6.61 Å². The first-order valence-electron chi connectivity index (χ1n) is 5.67. The fraction of sp³-hybridized carbons (Fsp3) is 0.429. The van der Waals surface area contributed by atoms with Gasteiger partial charge in [-0.15, -0.1) is 0 Å². The van der Waals surface area contributed by atoms with E-state index in [-0.39, 0.29) is 11.7 Å². The molecule has 2 heteroatoms. The SMILES string of the molecule is CC1C=CC(C)(COCc2ccccc2)O1. The first-order chi connectivity index (χ1) is 7.68. The van der Waals surface area contributed by atoms with Gasteiger partial charge in [0.05, 0.1) is 19.3 Å². The van der Waals surface area contributed by atoms with Crippen molar-refractivity contribution >= 4 is 0 Å². The monoisotopic (exact) mass is 218 g/mol. The van der Waals surface area contributed by atoms with Crippen LogP contribution in [0.3, 0.4) is 0 Å². The van der Waals surface area contributed by atoms with Gasteiger partial charge in [-0.05, 0) is 19.4 Å². The molecule has 1 heterocycles. The van der Waals surface area contributed by atoms with Crippen LogP contribution < -0.4 is 0 Å². The average molecular weight is 218 g/mol. The van der Waals surface area contributed by atoms with Gasteiger partial charge in [0.2, 0.25) is 0 Å². The third-order valence-corrected chi connectivity index (χ3v) is 2.68. The molecule has 0 bridgehead atoms. The summed E-state index contributed by atoms with van der Waals surface area (Å²) in [7, 11) is 0. The van der Waals surface area contributed by atoms with Crippen LogP contribution in [0, 0.1) is 0 Å². The molecule has 0 N–H and O–H groups in total. The number of rotatable bonds is 4. The minimum absolute atomic E-state index is 0.199. The molecule has 0 spiro atoms. The topological polar surface area (TPSA) is 18.5 Å². The molecule has 1 aliphatic rings. The van der Waals surface area contributed by atoms with Crippen molar-refractivity contribution in [1.82, 2.24) is 0 Å². The summed E-state index contributed by atoms with van der Waals surface area (Å²) in [6.45, 7) is 5.34. The van der Waals surface area contributed by atoms with Gasteiger partial charge in [0.15, 0.2) is 0 Å². The van der Waals surface area contributed by atoms with Crippen molar-refractivity contribution in [1.29, 1.82) is 0 Å². The van der Waals surface area contributed by atoms with E-state index in [1.165, 1.54) is 5.56 Å². The summed E-state index contributed by atoms with van der Waals surface area (Å²) in [5, 5.41) is 0. The van der Waals surface area contributed by atoms with Gasteiger partial charge < -0.3 is 9.47 Å². The molecule has 2 nitrogen and oxygen atoms in total. The second kappa shape index (κ2) is 4.81. The van der Waals surface area contributed by atoms with Crippen LogP contribution in [0.4, 0.5) is 0 Å². The van der Waals surface area contributed by atoms with Gasteiger partial charge in [-0.3, -0.25) is 0 Å². The van der Waals surface area contributed by atoms with Crippen molar-refractivity contribution in [3.05, 3.63) is 48.0 Å². The summed E-state index contributed by atoms with van der Waals surface area (Å²) >= 11 is 0. The maximum absolute atomic E-state index is 5.75. The Labute approximate surface area is 96.9 Å². The normalized spacial score (nSPS) is 28.5. The molecule has 1 aliphatic heterocycles. The first kappa shape index (κ1) is 11.4. The van der Waals surface area contributed by atoms with Crippen molar-refractivity contribution in [2.45, 2.75) is 32.2 Å². The Kier molecular flexibility index (Phi) is 3.42. The summed E-state index contributed by atoms with van der Waals surface area (Å²) in [5.41, 5.74) is 0.940. The molecule has 0 fully saturated rings. The molecular weight excluding hydrogens is 200 g/mol. The number of hydrogen-bond acceptors (Lipinski definition) is 2.